The van der Waals surface area contributed by atoms with E-state index >= 15 is 0 Å². The van der Waals surface area contributed by atoms with Gasteiger partial charge in [-0.1, -0.05) is 6.07 Å². The third kappa shape index (κ3) is 5.37. The molecule has 8 nitrogen and oxygen atoms in total. The van der Waals surface area contributed by atoms with E-state index in [-0.39, 0.29) is 18.2 Å². The lowest BCUT2D eigenvalue weighted by atomic mass is 10.2. The van der Waals surface area contributed by atoms with E-state index in [1.165, 1.54) is 17.8 Å². The second-order valence-electron chi connectivity index (χ2n) is 5.74. The van der Waals surface area contributed by atoms with Crippen LogP contribution in [-0.4, -0.2) is 40.6 Å². The number of carbonyl (C=O) groups is 1. The van der Waals surface area contributed by atoms with Crippen LogP contribution in [0.3, 0.4) is 0 Å². The monoisotopic (exact) mass is 431 g/mol. The Hall–Kier alpha value is -2.82. The topological polar surface area (TPSA) is 114 Å². The van der Waals surface area contributed by atoms with Crippen molar-refractivity contribution >= 4 is 52.0 Å². The normalized spacial score (nSPS) is 16.3. The molecule has 0 unspecified atom stereocenters. The molecule has 3 rings (SSSR count). The Morgan fingerprint density at radius 3 is 2.72 bits per heavy atom. The summed E-state index contributed by atoms with van der Waals surface area (Å²) < 4.78 is 5.10. The number of aliphatic imine (C=N–C) groups is 1. The number of benzene rings is 2. The second-order valence-corrected chi connectivity index (χ2v) is 7.90. The number of aliphatic hydroxyl groups is 1. The van der Waals surface area contributed by atoms with Gasteiger partial charge >= 0.3 is 0 Å². The number of ether oxygens (including phenoxy) is 1. The number of methoxy groups -OCH3 is 1. The number of nitrogens with one attached hydrogen (secondary N) is 1. The number of nitro groups is 1. The van der Waals surface area contributed by atoms with E-state index < -0.39 is 4.92 Å². The number of carbonyl (C=O) groups excluding carboxylic acids is 1. The van der Waals surface area contributed by atoms with Crippen LogP contribution < -0.4 is 10.1 Å². The first-order chi connectivity index (χ1) is 14.0. The Morgan fingerprint density at radius 1 is 1.31 bits per heavy atom. The maximum absolute atomic E-state index is 12.2. The molecule has 150 valence electrons. The zero-order valence-corrected chi connectivity index (χ0v) is 17.0. The summed E-state index contributed by atoms with van der Waals surface area (Å²) in [6.07, 6.45) is 1.59. The van der Waals surface area contributed by atoms with Crippen molar-refractivity contribution < 1.29 is 19.6 Å². The highest BCUT2D eigenvalue weighted by atomic mass is 32.2. The van der Waals surface area contributed by atoms with Crippen LogP contribution in [0.1, 0.15) is 5.56 Å². The highest BCUT2D eigenvalue weighted by molar-refractivity contribution is 8.18. The molecule has 0 aliphatic carbocycles. The van der Waals surface area contributed by atoms with Crippen molar-refractivity contribution in [1.29, 1.82) is 0 Å². The smallest absolute Gasteiger partial charge is 0.283 e. The Morgan fingerprint density at radius 2 is 2.07 bits per heavy atom. The van der Waals surface area contributed by atoms with E-state index in [0.717, 1.165) is 11.8 Å². The molecule has 1 fully saturated rings. The Kier molecular flexibility index (Phi) is 6.91. The van der Waals surface area contributed by atoms with E-state index in [1.54, 1.807) is 49.6 Å². The highest BCUT2D eigenvalue weighted by Gasteiger charge is 2.24. The van der Waals surface area contributed by atoms with Crippen molar-refractivity contribution in [2.24, 2.45) is 4.99 Å². The Labute approximate surface area is 175 Å². The lowest BCUT2D eigenvalue weighted by Crippen LogP contribution is -2.19. The first kappa shape index (κ1) is 20.9. The molecule has 1 amide bonds. The highest BCUT2D eigenvalue weighted by Crippen LogP contribution is 2.33. The van der Waals surface area contributed by atoms with Gasteiger partial charge in [0.1, 0.15) is 5.75 Å². The summed E-state index contributed by atoms with van der Waals surface area (Å²) in [7, 11) is 1.58. The number of hydrogen-bond acceptors (Lipinski definition) is 8. The van der Waals surface area contributed by atoms with Gasteiger partial charge < -0.3 is 15.2 Å². The van der Waals surface area contributed by atoms with E-state index in [1.807, 2.05) is 0 Å². The van der Waals surface area contributed by atoms with Crippen molar-refractivity contribution in [2.75, 3.05) is 19.5 Å². The summed E-state index contributed by atoms with van der Waals surface area (Å²) in [5, 5.41) is 23.4. The third-order valence-corrected chi connectivity index (χ3v) is 5.73. The molecule has 0 aromatic heterocycles. The van der Waals surface area contributed by atoms with Crippen molar-refractivity contribution in [3.8, 4) is 5.75 Å². The predicted octanol–water partition coefficient (Wildman–Crippen LogP) is 3.58. The van der Waals surface area contributed by atoms with Crippen LogP contribution in [0.5, 0.6) is 5.75 Å². The zero-order chi connectivity index (χ0) is 20.8. The summed E-state index contributed by atoms with van der Waals surface area (Å²) in [5.41, 5.74) is 1.14. The minimum atomic E-state index is -0.472. The Bertz CT molecular complexity index is 990. The van der Waals surface area contributed by atoms with Crippen LogP contribution in [0.2, 0.25) is 0 Å². The van der Waals surface area contributed by atoms with Gasteiger partial charge in [0.25, 0.3) is 11.6 Å². The summed E-state index contributed by atoms with van der Waals surface area (Å²) in [4.78, 5) is 28.3. The van der Waals surface area contributed by atoms with Gasteiger partial charge in [-0.05, 0) is 53.7 Å². The number of amidine groups is 1. The van der Waals surface area contributed by atoms with Crippen LogP contribution >= 0.6 is 23.5 Å². The molecule has 2 N–H and O–H groups in total. The van der Waals surface area contributed by atoms with E-state index in [0.29, 0.717) is 37.7 Å². The standard InChI is InChI=1S/C19H17N3O5S2/c1-27-14-5-3-13(4-6-14)20-19-21-18(24)17(29-19)11-12-2-7-16(28-9-8-23)15(10-12)22(25)26/h2-7,10-11,23H,8-9H2,1H3,(H,20,21,24)/b17-11+. The molecular weight excluding hydrogens is 414 g/mol. The zero-order valence-electron chi connectivity index (χ0n) is 15.3. The molecule has 0 saturated carbocycles. The van der Waals surface area contributed by atoms with Gasteiger partial charge in [0.05, 0.1) is 34.1 Å². The molecule has 0 atom stereocenters. The molecule has 10 heteroatoms. The molecule has 0 radical (unpaired) electrons. The molecule has 1 aliphatic rings. The minimum absolute atomic E-state index is 0.0617. The fourth-order valence-corrected chi connectivity index (χ4v) is 4.05. The third-order valence-electron chi connectivity index (χ3n) is 3.78. The predicted molar refractivity (Wildman–Crippen MR) is 115 cm³/mol. The van der Waals surface area contributed by atoms with Gasteiger partial charge in [-0.25, -0.2) is 4.99 Å². The molecule has 1 aliphatic heterocycles. The summed E-state index contributed by atoms with van der Waals surface area (Å²) in [6.45, 7) is -0.0687. The first-order valence-electron chi connectivity index (χ1n) is 8.46. The van der Waals surface area contributed by atoms with Gasteiger partial charge in [0.2, 0.25) is 0 Å². The first-order valence-corrected chi connectivity index (χ1v) is 10.3. The number of amides is 1. The molecule has 0 spiro atoms. The lowest BCUT2D eigenvalue weighted by Gasteiger charge is -2.03. The summed E-state index contributed by atoms with van der Waals surface area (Å²) in [6, 6.07) is 11.8. The number of nitrogens with zero attached hydrogens (tertiary/aromatic N) is 2. The summed E-state index contributed by atoms with van der Waals surface area (Å²) >= 11 is 2.37. The van der Waals surface area contributed by atoms with Crippen molar-refractivity contribution in [2.45, 2.75) is 4.90 Å². The number of hydrogen-bond donors (Lipinski definition) is 2. The maximum atomic E-state index is 12.2. The largest absolute Gasteiger partial charge is 0.497 e. The van der Waals surface area contributed by atoms with Gasteiger partial charge in [-0.2, -0.15) is 0 Å². The SMILES string of the molecule is COc1ccc(N=C2NC(=O)/C(=C\c3ccc(SCCO)c([N+](=O)[O-])c3)S2)cc1. The molecule has 1 heterocycles. The van der Waals surface area contributed by atoms with Gasteiger partial charge in [-0.3, -0.25) is 14.9 Å². The van der Waals surface area contributed by atoms with E-state index in [9.17, 15) is 14.9 Å². The molecule has 2 aromatic rings. The maximum Gasteiger partial charge on any atom is 0.283 e. The molecule has 29 heavy (non-hydrogen) atoms. The van der Waals surface area contributed by atoms with Crippen molar-refractivity contribution in [3.05, 3.63) is 63.0 Å². The van der Waals surface area contributed by atoms with Gasteiger partial charge in [0.15, 0.2) is 5.17 Å². The molecule has 0 bridgehead atoms. The van der Waals surface area contributed by atoms with Gasteiger partial charge in [-0.15, -0.1) is 11.8 Å². The number of rotatable bonds is 7. The van der Waals surface area contributed by atoms with Crippen LogP contribution in [0.25, 0.3) is 6.08 Å². The van der Waals surface area contributed by atoms with Crippen molar-refractivity contribution in [3.63, 3.8) is 0 Å². The van der Waals surface area contributed by atoms with E-state index in [2.05, 4.69) is 10.3 Å². The molecule has 2 aromatic carbocycles. The average Bonchev–Trinajstić information content (AvgIpc) is 3.06. The van der Waals surface area contributed by atoms with Gasteiger partial charge in [0, 0.05) is 11.8 Å². The van der Waals surface area contributed by atoms with E-state index in [4.69, 9.17) is 9.84 Å². The lowest BCUT2D eigenvalue weighted by molar-refractivity contribution is -0.387. The molecule has 1 saturated heterocycles. The van der Waals surface area contributed by atoms with Crippen LogP contribution in [-0.2, 0) is 4.79 Å². The number of aliphatic hydroxyl groups excluding tert-OH is 1. The Balaban J connectivity index is 1.81. The number of nitro benzene ring substituents is 1. The van der Waals surface area contributed by atoms with Crippen LogP contribution in [0, 0.1) is 10.1 Å². The minimum Gasteiger partial charge on any atom is -0.497 e. The average molecular weight is 431 g/mol. The fourth-order valence-electron chi connectivity index (χ4n) is 2.45. The molecular formula is C19H17N3O5S2. The fraction of sp³-hybridized carbons (Fsp3) is 0.158. The van der Waals surface area contributed by atoms with Crippen molar-refractivity contribution in [1.82, 2.24) is 5.32 Å². The number of thioether (sulfide) groups is 2. The summed E-state index contributed by atoms with van der Waals surface area (Å²) in [5.74, 6) is 0.758. The van der Waals surface area contributed by atoms with Crippen LogP contribution in [0.4, 0.5) is 11.4 Å². The van der Waals surface area contributed by atoms with Crippen LogP contribution in [0.15, 0.2) is 57.3 Å². The quantitative estimate of drug-likeness (QED) is 0.298. The second kappa shape index (κ2) is 9.59.